The first-order valence-corrected chi connectivity index (χ1v) is 16.4. The number of benzene rings is 5. The van der Waals surface area contributed by atoms with Gasteiger partial charge in [-0.05, 0) is 72.2 Å². The van der Waals surface area contributed by atoms with Crippen molar-refractivity contribution in [2.45, 2.75) is 6.92 Å². The van der Waals surface area contributed by atoms with Gasteiger partial charge in [-0.2, -0.15) is 0 Å². The van der Waals surface area contributed by atoms with Crippen LogP contribution in [-0.2, 0) is 0 Å². The minimum atomic E-state index is 0.800. The van der Waals surface area contributed by atoms with E-state index in [9.17, 15) is 0 Å². The van der Waals surface area contributed by atoms with Crippen molar-refractivity contribution in [3.05, 3.63) is 170 Å². The number of pyridine rings is 1. The second-order valence-corrected chi connectivity index (χ2v) is 12.1. The van der Waals surface area contributed by atoms with Gasteiger partial charge in [0.15, 0.2) is 0 Å². The van der Waals surface area contributed by atoms with Crippen LogP contribution in [0.15, 0.2) is 164 Å². The van der Waals surface area contributed by atoms with E-state index in [1.807, 2.05) is 49.4 Å². The van der Waals surface area contributed by atoms with Gasteiger partial charge in [-0.25, -0.2) is 15.0 Å². The van der Waals surface area contributed by atoms with E-state index in [1.54, 1.807) is 0 Å². The fraction of sp³-hybridized carbons (Fsp3) is 0.0227. The molecule has 5 aromatic carbocycles. The van der Waals surface area contributed by atoms with Gasteiger partial charge < -0.3 is 0 Å². The molecule has 49 heavy (non-hydrogen) atoms. The van der Waals surface area contributed by atoms with Gasteiger partial charge in [0.2, 0.25) is 5.95 Å². The lowest BCUT2D eigenvalue weighted by Crippen LogP contribution is -2.06. The predicted octanol–water partition coefficient (Wildman–Crippen LogP) is 11.0. The summed E-state index contributed by atoms with van der Waals surface area (Å²) in [6.45, 7) is 6.12. The highest BCUT2D eigenvalue weighted by molar-refractivity contribution is 6.10. The molecule has 0 aliphatic heterocycles. The van der Waals surface area contributed by atoms with Crippen molar-refractivity contribution in [1.29, 1.82) is 0 Å². The Labute approximate surface area is 283 Å². The number of hydrogen-bond acceptors (Lipinski definition) is 3. The average molecular weight is 630 g/mol. The van der Waals surface area contributed by atoms with Crippen molar-refractivity contribution in [3.8, 4) is 28.3 Å². The van der Waals surface area contributed by atoms with Gasteiger partial charge in [0.25, 0.3) is 0 Å². The van der Waals surface area contributed by atoms with E-state index in [1.165, 1.54) is 5.39 Å². The molecule has 0 saturated carbocycles. The summed E-state index contributed by atoms with van der Waals surface area (Å²) in [6, 6.07) is 46.5. The Balaban J connectivity index is 1.36. The number of imidazole rings is 1. The number of hydrogen-bond donors (Lipinski definition) is 0. The van der Waals surface area contributed by atoms with Gasteiger partial charge in [-0.15, -0.1) is 0 Å². The fourth-order valence-electron chi connectivity index (χ4n) is 6.90. The second-order valence-electron chi connectivity index (χ2n) is 12.1. The largest absolute Gasteiger partial charge is 0.279 e. The molecule has 0 saturated heterocycles. The molecule has 0 fully saturated rings. The Bertz CT molecular complexity index is 2800. The monoisotopic (exact) mass is 629 g/mol. The average Bonchev–Trinajstić information content (AvgIpc) is 3.71. The smallest absolute Gasteiger partial charge is 0.221 e. The summed E-state index contributed by atoms with van der Waals surface area (Å²) in [5.74, 6) is 0.800. The first-order chi connectivity index (χ1) is 24.2. The maximum Gasteiger partial charge on any atom is 0.221 e. The number of para-hydroxylation sites is 4. The highest BCUT2D eigenvalue weighted by Gasteiger charge is 2.20. The van der Waals surface area contributed by atoms with Gasteiger partial charge in [0.05, 0.1) is 39.0 Å². The van der Waals surface area contributed by atoms with Crippen molar-refractivity contribution in [3.63, 3.8) is 0 Å². The van der Waals surface area contributed by atoms with E-state index in [0.717, 1.165) is 83.6 Å². The Morgan fingerprint density at radius 1 is 0.592 bits per heavy atom. The molecule has 232 valence electrons. The Kier molecular flexibility index (Phi) is 6.76. The maximum absolute atomic E-state index is 5.35. The number of rotatable bonds is 6. The molecule has 4 heterocycles. The molecule has 0 aliphatic carbocycles. The van der Waals surface area contributed by atoms with Crippen LogP contribution in [0.1, 0.15) is 12.6 Å². The van der Waals surface area contributed by atoms with Crippen LogP contribution in [0.4, 0.5) is 0 Å². The van der Waals surface area contributed by atoms with Crippen LogP contribution in [0.2, 0.25) is 0 Å². The molecule has 0 radical (unpaired) electrons. The van der Waals surface area contributed by atoms with Crippen LogP contribution in [0.5, 0.6) is 0 Å². The summed E-state index contributed by atoms with van der Waals surface area (Å²) in [7, 11) is 0. The van der Waals surface area contributed by atoms with Gasteiger partial charge in [-0.3, -0.25) is 8.97 Å². The highest BCUT2D eigenvalue weighted by Crippen LogP contribution is 2.37. The molecule has 5 nitrogen and oxygen atoms in total. The number of aromatic nitrogens is 5. The molecule has 4 aromatic heterocycles. The minimum absolute atomic E-state index is 0.800. The Morgan fingerprint density at radius 2 is 1.31 bits per heavy atom. The molecule has 0 amide bonds. The lowest BCUT2D eigenvalue weighted by molar-refractivity contribution is 0.979. The standard InChI is InChI=1S/C44H31N5/c1-3-5-15-29(4-2)38-26-32(27-39(45-38)30-16-7-6-8-17-30)31-24-25-34-33-18-10-13-22-40(33)48(42(34)28-31)44-47-36-20-11-9-19-35(36)43-46-37-21-12-14-23-41(37)49(43)44/h3-28H,2H2,1H3/b5-3-,29-15+. The van der Waals surface area contributed by atoms with Crippen LogP contribution in [0.3, 0.4) is 0 Å². The zero-order valence-electron chi connectivity index (χ0n) is 27.0. The first-order valence-electron chi connectivity index (χ1n) is 16.4. The normalized spacial score (nSPS) is 12.3. The third-order valence-electron chi connectivity index (χ3n) is 9.21. The lowest BCUT2D eigenvalue weighted by Gasteiger charge is -2.14. The first kappa shape index (κ1) is 28.6. The zero-order chi connectivity index (χ0) is 32.9. The fourth-order valence-corrected chi connectivity index (χ4v) is 6.90. The van der Waals surface area contributed by atoms with Gasteiger partial charge in [0, 0.05) is 21.7 Å². The summed E-state index contributed by atoms with van der Waals surface area (Å²) < 4.78 is 4.50. The van der Waals surface area contributed by atoms with Gasteiger partial charge >= 0.3 is 0 Å². The topological polar surface area (TPSA) is 48.0 Å². The van der Waals surface area contributed by atoms with Crippen LogP contribution >= 0.6 is 0 Å². The third-order valence-corrected chi connectivity index (χ3v) is 9.21. The summed E-state index contributed by atoms with van der Waals surface area (Å²) in [5, 5.41) is 3.34. The van der Waals surface area contributed by atoms with Gasteiger partial charge in [-0.1, -0.05) is 116 Å². The van der Waals surface area contributed by atoms with Crippen molar-refractivity contribution in [2.24, 2.45) is 0 Å². The van der Waals surface area contributed by atoms with Crippen LogP contribution in [-0.4, -0.2) is 23.9 Å². The summed E-state index contributed by atoms with van der Waals surface area (Å²) in [5.41, 5.74) is 11.8. The molecule has 0 spiro atoms. The van der Waals surface area contributed by atoms with E-state index in [-0.39, 0.29) is 0 Å². The van der Waals surface area contributed by atoms with Crippen molar-refractivity contribution < 1.29 is 0 Å². The van der Waals surface area contributed by atoms with Gasteiger partial charge in [0.1, 0.15) is 5.65 Å². The van der Waals surface area contributed by atoms with E-state index in [2.05, 4.69) is 131 Å². The molecule has 9 rings (SSSR count). The van der Waals surface area contributed by atoms with Crippen molar-refractivity contribution in [1.82, 2.24) is 23.9 Å². The van der Waals surface area contributed by atoms with Crippen molar-refractivity contribution in [2.75, 3.05) is 0 Å². The second kappa shape index (κ2) is 11.6. The SMILES string of the molecule is C=C/C(=C\C=C/C)c1cc(-c2ccc3c4ccccc4n(-c4nc5ccccc5c5nc6ccccc6n45)c3c2)cc(-c2ccccc2)n1. The third kappa shape index (κ3) is 4.67. The summed E-state index contributed by atoms with van der Waals surface area (Å²) in [6.07, 6.45) is 7.96. The van der Waals surface area contributed by atoms with E-state index < -0.39 is 0 Å². The van der Waals surface area contributed by atoms with Crippen LogP contribution in [0.25, 0.3) is 83.3 Å². The Hall–Kier alpha value is -6.59. The molecular weight excluding hydrogens is 599 g/mol. The molecule has 0 aliphatic rings. The zero-order valence-corrected chi connectivity index (χ0v) is 27.0. The van der Waals surface area contributed by atoms with Crippen LogP contribution in [0, 0.1) is 0 Å². The maximum atomic E-state index is 5.35. The van der Waals surface area contributed by atoms with E-state index in [4.69, 9.17) is 15.0 Å². The molecule has 0 bridgehead atoms. The predicted molar refractivity (Wildman–Crippen MR) is 204 cm³/mol. The van der Waals surface area contributed by atoms with Crippen molar-refractivity contribution >= 4 is 55.0 Å². The minimum Gasteiger partial charge on any atom is -0.279 e. The number of allylic oxidation sites excluding steroid dienone is 5. The molecule has 0 N–H and O–H groups in total. The quantitative estimate of drug-likeness (QED) is 0.172. The number of fused-ring (bicyclic) bond motifs is 8. The molecule has 5 heteroatoms. The summed E-state index contributed by atoms with van der Waals surface area (Å²) >= 11 is 0. The molecule has 9 aromatic rings. The lowest BCUT2D eigenvalue weighted by atomic mass is 9.98. The summed E-state index contributed by atoms with van der Waals surface area (Å²) in [4.78, 5) is 15.6. The molecule has 0 atom stereocenters. The van der Waals surface area contributed by atoms with E-state index >= 15 is 0 Å². The Morgan fingerprint density at radius 3 is 2.12 bits per heavy atom. The highest BCUT2D eigenvalue weighted by atomic mass is 15.2. The molecular formula is C44H31N5. The van der Waals surface area contributed by atoms with E-state index in [0.29, 0.717) is 0 Å². The number of nitrogens with zero attached hydrogens (tertiary/aromatic N) is 5. The molecule has 0 unspecified atom stereocenters. The van der Waals surface area contributed by atoms with Crippen LogP contribution < -0.4 is 0 Å².